The van der Waals surface area contributed by atoms with Gasteiger partial charge >= 0.3 is 0 Å². The molecule has 142 valence electrons. The molecular formula is C19H28N4O3. The molecule has 2 rings (SSSR count). The third kappa shape index (κ3) is 4.76. The van der Waals surface area contributed by atoms with Crippen molar-refractivity contribution in [2.24, 2.45) is 7.05 Å². The van der Waals surface area contributed by atoms with Gasteiger partial charge in [0, 0.05) is 18.8 Å². The summed E-state index contributed by atoms with van der Waals surface area (Å²) in [5, 5.41) is 10.2. The Morgan fingerprint density at radius 3 is 2.46 bits per heavy atom. The van der Waals surface area contributed by atoms with E-state index in [1.165, 1.54) is 0 Å². The number of carbonyl (C=O) groups is 1. The van der Waals surface area contributed by atoms with E-state index in [-0.39, 0.29) is 11.9 Å². The predicted molar refractivity (Wildman–Crippen MR) is 100 cm³/mol. The molecule has 2 N–H and O–H groups in total. The number of aryl methyl sites for hydroxylation is 1. The van der Waals surface area contributed by atoms with Crippen LogP contribution in [0.1, 0.15) is 44.0 Å². The van der Waals surface area contributed by atoms with Crippen LogP contribution in [0.4, 0.5) is 0 Å². The second-order valence-corrected chi connectivity index (χ2v) is 5.97. The molecule has 26 heavy (non-hydrogen) atoms. The van der Waals surface area contributed by atoms with E-state index in [0.717, 1.165) is 11.1 Å². The first-order valence-corrected chi connectivity index (χ1v) is 8.85. The fourth-order valence-electron chi connectivity index (χ4n) is 2.76. The number of aromatic nitrogens is 2. The minimum atomic E-state index is -0.458. The maximum Gasteiger partial charge on any atom is 0.242 e. The van der Waals surface area contributed by atoms with Crippen molar-refractivity contribution in [2.75, 3.05) is 20.3 Å². The van der Waals surface area contributed by atoms with E-state index < -0.39 is 6.04 Å². The van der Waals surface area contributed by atoms with Crippen LogP contribution < -0.4 is 20.1 Å². The summed E-state index contributed by atoms with van der Waals surface area (Å²) in [7, 11) is 3.58. The van der Waals surface area contributed by atoms with Crippen LogP contribution in [-0.4, -0.2) is 35.9 Å². The maximum absolute atomic E-state index is 12.7. The fourth-order valence-corrected chi connectivity index (χ4v) is 2.76. The van der Waals surface area contributed by atoms with Gasteiger partial charge in [-0.2, -0.15) is 5.10 Å². The molecule has 2 unspecified atom stereocenters. The summed E-state index contributed by atoms with van der Waals surface area (Å²) in [5.74, 6) is 1.28. The number of likely N-dealkylation sites (N-methyl/N-ethyl adjacent to an activating group) is 1. The summed E-state index contributed by atoms with van der Waals surface area (Å²) in [5.41, 5.74) is 1.77. The van der Waals surface area contributed by atoms with Gasteiger partial charge < -0.3 is 20.1 Å². The number of nitrogens with zero attached hydrogens (tertiary/aromatic N) is 2. The van der Waals surface area contributed by atoms with Crippen LogP contribution in [0, 0.1) is 0 Å². The highest BCUT2D eigenvalue weighted by molar-refractivity contribution is 5.83. The zero-order valence-electron chi connectivity index (χ0n) is 16.1. The van der Waals surface area contributed by atoms with Crippen LogP contribution in [-0.2, 0) is 11.8 Å². The normalized spacial score (nSPS) is 13.1. The summed E-state index contributed by atoms with van der Waals surface area (Å²) >= 11 is 0. The van der Waals surface area contributed by atoms with Crippen LogP contribution in [0.5, 0.6) is 11.5 Å². The molecule has 0 fully saturated rings. The van der Waals surface area contributed by atoms with Crippen LogP contribution in [0.25, 0.3) is 0 Å². The average molecular weight is 360 g/mol. The van der Waals surface area contributed by atoms with Gasteiger partial charge in [-0.05, 0) is 45.5 Å². The van der Waals surface area contributed by atoms with Crippen LogP contribution >= 0.6 is 0 Å². The zero-order chi connectivity index (χ0) is 19.1. The summed E-state index contributed by atoms with van der Waals surface area (Å²) in [4.78, 5) is 12.7. The van der Waals surface area contributed by atoms with Crippen molar-refractivity contribution in [2.45, 2.75) is 32.9 Å². The van der Waals surface area contributed by atoms with Crippen LogP contribution in [0.15, 0.2) is 30.6 Å². The Balaban J connectivity index is 2.13. The van der Waals surface area contributed by atoms with Crippen molar-refractivity contribution in [1.29, 1.82) is 0 Å². The van der Waals surface area contributed by atoms with Crippen LogP contribution in [0.2, 0.25) is 0 Å². The number of carbonyl (C=O) groups excluding carboxylic acids is 1. The molecule has 2 aromatic rings. The second kappa shape index (κ2) is 9.24. The lowest BCUT2D eigenvalue weighted by molar-refractivity contribution is -0.123. The zero-order valence-corrected chi connectivity index (χ0v) is 16.1. The molecule has 7 nitrogen and oxygen atoms in total. The molecule has 0 spiro atoms. The molecule has 0 radical (unpaired) electrons. The lowest BCUT2D eigenvalue weighted by Crippen LogP contribution is -2.37. The Bertz CT molecular complexity index is 729. The monoisotopic (exact) mass is 360 g/mol. The number of amides is 1. The van der Waals surface area contributed by atoms with E-state index in [9.17, 15) is 4.79 Å². The standard InChI is InChI=1S/C19H28N4O3/c1-6-25-16-9-8-14(10-17(16)26-7-2)13(3)22-19(24)18(20-4)15-11-21-23(5)12-15/h8-13,18,20H,6-7H2,1-5H3,(H,22,24). The Labute approximate surface area is 154 Å². The van der Waals surface area contributed by atoms with Gasteiger partial charge in [0.25, 0.3) is 0 Å². The molecule has 1 aromatic carbocycles. The summed E-state index contributed by atoms with van der Waals surface area (Å²) in [6.07, 6.45) is 3.52. The Morgan fingerprint density at radius 2 is 1.88 bits per heavy atom. The Morgan fingerprint density at radius 1 is 1.19 bits per heavy atom. The van der Waals surface area contributed by atoms with Gasteiger partial charge in [0.1, 0.15) is 6.04 Å². The fraction of sp³-hybridized carbons (Fsp3) is 0.474. The molecule has 1 aromatic heterocycles. The number of hydrogen-bond donors (Lipinski definition) is 2. The van der Waals surface area contributed by atoms with Gasteiger partial charge in [-0.25, -0.2) is 0 Å². The number of nitrogens with one attached hydrogen (secondary N) is 2. The van der Waals surface area contributed by atoms with Gasteiger partial charge in [-0.15, -0.1) is 0 Å². The third-order valence-corrected chi connectivity index (χ3v) is 4.04. The first-order chi connectivity index (χ1) is 12.5. The predicted octanol–water partition coefficient (Wildman–Crippen LogP) is 2.36. The van der Waals surface area contributed by atoms with E-state index in [4.69, 9.17) is 9.47 Å². The highest BCUT2D eigenvalue weighted by atomic mass is 16.5. The lowest BCUT2D eigenvalue weighted by atomic mass is 10.1. The van der Waals surface area contributed by atoms with E-state index in [0.29, 0.717) is 24.7 Å². The lowest BCUT2D eigenvalue weighted by Gasteiger charge is -2.20. The molecule has 0 saturated carbocycles. The average Bonchev–Trinajstić information content (AvgIpc) is 3.03. The van der Waals surface area contributed by atoms with Crippen molar-refractivity contribution in [3.05, 3.63) is 41.7 Å². The summed E-state index contributed by atoms with van der Waals surface area (Å²) in [6.45, 7) is 6.93. The number of ether oxygens (including phenoxy) is 2. The van der Waals surface area contributed by atoms with Gasteiger partial charge in [0.05, 0.1) is 25.5 Å². The van der Waals surface area contributed by atoms with Crippen molar-refractivity contribution in [1.82, 2.24) is 20.4 Å². The van der Waals surface area contributed by atoms with Gasteiger partial charge in [0.15, 0.2) is 11.5 Å². The molecule has 1 amide bonds. The smallest absolute Gasteiger partial charge is 0.242 e. The van der Waals surface area contributed by atoms with Gasteiger partial charge in [0.2, 0.25) is 5.91 Å². The van der Waals surface area contributed by atoms with Gasteiger partial charge in [-0.1, -0.05) is 6.07 Å². The van der Waals surface area contributed by atoms with Gasteiger partial charge in [-0.3, -0.25) is 9.48 Å². The van der Waals surface area contributed by atoms with Crippen molar-refractivity contribution < 1.29 is 14.3 Å². The minimum Gasteiger partial charge on any atom is -0.490 e. The summed E-state index contributed by atoms with van der Waals surface area (Å²) in [6, 6.07) is 5.10. The van der Waals surface area contributed by atoms with E-state index in [2.05, 4.69) is 15.7 Å². The van der Waals surface area contributed by atoms with E-state index >= 15 is 0 Å². The highest BCUT2D eigenvalue weighted by Crippen LogP contribution is 2.31. The second-order valence-electron chi connectivity index (χ2n) is 5.97. The number of rotatable bonds is 9. The largest absolute Gasteiger partial charge is 0.490 e. The Kier molecular flexibility index (Phi) is 7.03. The van der Waals surface area contributed by atoms with E-state index in [1.54, 1.807) is 17.9 Å². The first kappa shape index (κ1) is 19.8. The molecular weight excluding hydrogens is 332 g/mol. The quantitative estimate of drug-likeness (QED) is 0.718. The topological polar surface area (TPSA) is 77.4 Å². The maximum atomic E-state index is 12.7. The number of benzene rings is 1. The molecule has 7 heteroatoms. The Hall–Kier alpha value is -2.54. The van der Waals surface area contributed by atoms with Crippen molar-refractivity contribution in [3.8, 4) is 11.5 Å². The van der Waals surface area contributed by atoms with Crippen LogP contribution in [0.3, 0.4) is 0 Å². The van der Waals surface area contributed by atoms with E-state index in [1.807, 2.05) is 52.2 Å². The van der Waals surface area contributed by atoms with Crippen molar-refractivity contribution in [3.63, 3.8) is 0 Å². The summed E-state index contributed by atoms with van der Waals surface area (Å²) < 4.78 is 12.9. The minimum absolute atomic E-state index is 0.111. The molecule has 0 aliphatic heterocycles. The van der Waals surface area contributed by atoms with Crippen molar-refractivity contribution >= 4 is 5.91 Å². The first-order valence-electron chi connectivity index (χ1n) is 8.85. The molecule has 1 heterocycles. The SMILES string of the molecule is CCOc1ccc(C(C)NC(=O)C(NC)c2cnn(C)c2)cc1OCC. The molecule has 0 saturated heterocycles. The third-order valence-electron chi connectivity index (χ3n) is 4.04. The molecule has 0 bridgehead atoms. The molecule has 0 aliphatic rings. The molecule has 0 aliphatic carbocycles. The number of hydrogen-bond acceptors (Lipinski definition) is 5. The molecule has 2 atom stereocenters. The highest BCUT2D eigenvalue weighted by Gasteiger charge is 2.22.